The highest BCUT2D eigenvalue weighted by atomic mass is 16.6. The number of carbonyl (C=O) groups is 1. The number of carbonyl (C=O) groups excluding carboxylic acids is 1. The maximum absolute atomic E-state index is 12.5. The first kappa shape index (κ1) is 17.1. The highest BCUT2D eigenvalue weighted by molar-refractivity contribution is 5.91. The average molecular weight is 322 g/mol. The Morgan fingerprint density at radius 1 is 1.61 bits per heavy atom. The van der Waals surface area contributed by atoms with Crippen molar-refractivity contribution in [2.45, 2.75) is 38.6 Å². The Morgan fingerprint density at radius 2 is 2.43 bits per heavy atom. The smallest absolute Gasteiger partial charge is 0.414 e. The molecule has 0 bridgehead atoms. The Labute approximate surface area is 135 Å². The third-order valence-electron chi connectivity index (χ3n) is 3.79. The first-order valence-electron chi connectivity index (χ1n) is 7.90. The van der Waals surface area contributed by atoms with Crippen LogP contribution in [-0.4, -0.2) is 41.7 Å². The summed E-state index contributed by atoms with van der Waals surface area (Å²) in [6.07, 6.45) is 5.43. The second-order valence-corrected chi connectivity index (χ2v) is 5.46. The standard InChI is InChI=1S/C15H22N4O4/c1-2-3-9-23-15(20)18(12-5-4-7-16-10-12)13-6-8-17-11-14(13)19(21)22/h6,8,11-12,16H,2-5,7,9-10H2,1H3. The molecular formula is C15H22N4O4. The fraction of sp³-hybridized carbons (Fsp3) is 0.600. The number of unbranched alkanes of at least 4 members (excludes halogenated alkanes) is 1. The molecule has 1 unspecified atom stereocenters. The lowest BCUT2D eigenvalue weighted by Gasteiger charge is -2.33. The molecule has 1 saturated heterocycles. The van der Waals surface area contributed by atoms with Gasteiger partial charge in [0.05, 0.1) is 17.6 Å². The molecule has 1 aliphatic rings. The first-order valence-corrected chi connectivity index (χ1v) is 7.90. The van der Waals surface area contributed by atoms with E-state index in [0.717, 1.165) is 38.4 Å². The summed E-state index contributed by atoms with van der Waals surface area (Å²) in [5.74, 6) is 0. The maximum atomic E-state index is 12.5. The fourth-order valence-corrected chi connectivity index (χ4v) is 2.59. The Balaban J connectivity index is 2.29. The van der Waals surface area contributed by atoms with E-state index in [1.165, 1.54) is 17.2 Å². The Hall–Kier alpha value is -2.22. The summed E-state index contributed by atoms with van der Waals surface area (Å²) in [4.78, 5) is 28.5. The number of nitro groups is 1. The van der Waals surface area contributed by atoms with Gasteiger partial charge in [-0.3, -0.25) is 20.0 Å². The number of rotatable bonds is 6. The van der Waals surface area contributed by atoms with Crippen molar-refractivity contribution in [3.05, 3.63) is 28.6 Å². The lowest BCUT2D eigenvalue weighted by atomic mass is 10.1. The van der Waals surface area contributed by atoms with Crippen molar-refractivity contribution >= 4 is 17.5 Å². The van der Waals surface area contributed by atoms with Gasteiger partial charge in [0.15, 0.2) is 0 Å². The predicted octanol–water partition coefficient (Wildman–Crippen LogP) is 2.48. The fourth-order valence-electron chi connectivity index (χ4n) is 2.59. The zero-order valence-corrected chi connectivity index (χ0v) is 13.2. The summed E-state index contributed by atoms with van der Waals surface area (Å²) in [7, 11) is 0. The molecule has 0 saturated carbocycles. The summed E-state index contributed by atoms with van der Waals surface area (Å²) in [6.45, 7) is 3.78. The maximum Gasteiger partial charge on any atom is 0.414 e. The van der Waals surface area contributed by atoms with Gasteiger partial charge < -0.3 is 10.1 Å². The first-order chi connectivity index (χ1) is 11.1. The predicted molar refractivity (Wildman–Crippen MR) is 85.5 cm³/mol. The van der Waals surface area contributed by atoms with Crippen LogP contribution in [0.15, 0.2) is 18.5 Å². The Morgan fingerprint density at radius 3 is 3.09 bits per heavy atom. The lowest BCUT2D eigenvalue weighted by molar-refractivity contribution is -0.384. The largest absolute Gasteiger partial charge is 0.449 e. The zero-order chi connectivity index (χ0) is 16.7. The van der Waals surface area contributed by atoms with E-state index < -0.39 is 11.0 Å². The molecule has 8 nitrogen and oxygen atoms in total. The van der Waals surface area contributed by atoms with Crippen LogP contribution in [-0.2, 0) is 4.74 Å². The monoisotopic (exact) mass is 322 g/mol. The van der Waals surface area contributed by atoms with Gasteiger partial charge in [0.1, 0.15) is 11.9 Å². The highest BCUT2D eigenvalue weighted by Gasteiger charge is 2.32. The molecule has 0 spiro atoms. The molecule has 1 fully saturated rings. The van der Waals surface area contributed by atoms with E-state index in [1.54, 1.807) is 0 Å². The van der Waals surface area contributed by atoms with Crippen molar-refractivity contribution in [1.29, 1.82) is 0 Å². The van der Waals surface area contributed by atoms with Gasteiger partial charge in [-0.2, -0.15) is 0 Å². The van der Waals surface area contributed by atoms with E-state index in [9.17, 15) is 14.9 Å². The number of hydrogen-bond donors (Lipinski definition) is 1. The van der Waals surface area contributed by atoms with Crippen LogP contribution >= 0.6 is 0 Å². The highest BCUT2D eigenvalue weighted by Crippen LogP contribution is 2.30. The van der Waals surface area contributed by atoms with Crippen molar-refractivity contribution in [2.75, 3.05) is 24.6 Å². The third kappa shape index (κ3) is 4.38. The summed E-state index contributed by atoms with van der Waals surface area (Å²) in [5.41, 5.74) is 0.0470. The van der Waals surface area contributed by atoms with Crippen molar-refractivity contribution < 1.29 is 14.5 Å². The molecule has 0 radical (unpaired) electrons. The van der Waals surface area contributed by atoms with Crippen molar-refractivity contribution in [3.8, 4) is 0 Å². The van der Waals surface area contributed by atoms with E-state index in [-0.39, 0.29) is 17.4 Å². The number of hydrogen-bond acceptors (Lipinski definition) is 6. The molecule has 2 heterocycles. The van der Waals surface area contributed by atoms with E-state index >= 15 is 0 Å². The number of nitrogens with one attached hydrogen (secondary N) is 1. The van der Waals surface area contributed by atoms with Crippen LogP contribution in [0.2, 0.25) is 0 Å². The molecule has 126 valence electrons. The zero-order valence-electron chi connectivity index (χ0n) is 13.2. The van der Waals surface area contributed by atoms with Gasteiger partial charge in [-0.25, -0.2) is 4.79 Å². The molecule has 0 aromatic carbocycles. The molecule has 23 heavy (non-hydrogen) atoms. The molecule has 2 rings (SSSR count). The molecule has 1 N–H and O–H groups in total. The molecular weight excluding hydrogens is 300 g/mol. The molecule has 1 aromatic heterocycles. The van der Waals surface area contributed by atoms with Crippen LogP contribution in [0.25, 0.3) is 0 Å². The van der Waals surface area contributed by atoms with Crippen molar-refractivity contribution in [2.24, 2.45) is 0 Å². The Bertz CT molecular complexity index is 546. The van der Waals surface area contributed by atoms with Gasteiger partial charge in [-0.1, -0.05) is 13.3 Å². The number of piperidine rings is 1. The van der Waals surface area contributed by atoms with Crippen LogP contribution in [0.4, 0.5) is 16.2 Å². The SMILES string of the molecule is CCCCOC(=O)N(c1ccncc1[N+](=O)[O-])C1CCCNC1. The van der Waals surface area contributed by atoms with Gasteiger partial charge in [0.25, 0.3) is 0 Å². The second kappa shape index (κ2) is 8.42. The molecule has 1 atom stereocenters. The van der Waals surface area contributed by atoms with E-state index in [4.69, 9.17) is 4.74 Å². The normalized spacial score (nSPS) is 17.5. The molecule has 1 aliphatic heterocycles. The number of pyridine rings is 1. The van der Waals surface area contributed by atoms with Gasteiger partial charge in [-0.15, -0.1) is 0 Å². The van der Waals surface area contributed by atoms with Crippen LogP contribution in [0.1, 0.15) is 32.6 Å². The molecule has 8 heteroatoms. The quantitative estimate of drug-likeness (QED) is 0.491. The summed E-state index contributed by atoms with van der Waals surface area (Å²) in [6, 6.07) is 1.33. The number of amides is 1. The summed E-state index contributed by atoms with van der Waals surface area (Å²) in [5, 5.41) is 14.5. The van der Waals surface area contributed by atoms with E-state index in [2.05, 4.69) is 10.3 Å². The third-order valence-corrected chi connectivity index (χ3v) is 3.79. The Kier molecular flexibility index (Phi) is 6.28. The van der Waals surface area contributed by atoms with E-state index in [1.807, 2.05) is 6.92 Å². The van der Waals surface area contributed by atoms with Crippen LogP contribution in [0.5, 0.6) is 0 Å². The second-order valence-electron chi connectivity index (χ2n) is 5.46. The summed E-state index contributed by atoms with van der Waals surface area (Å²) >= 11 is 0. The average Bonchev–Trinajstić information content (AvgIpc) is 2.56. The van der Waals surface area contributed by atoms with Crippen LogP contribution < -0.4 is 10.2 Å². The van der Waals surface area contributed by atoms with E-state index in [0.29, 0.717) is 13.2 Å². The minimum Gasteiger partial charge on any atom is -0.449 e. The number of nitrogens with zero attached hydrogens (tertiary/aromatic N) is 3. The molecule has 0 aliphatic carbocycles. The minimum absolute atomic E-state index is 0.168. The van der Waals surface area contributed by atoms with Gasteiger partial charge >= 0.3 is 11.8 Å². The number of aromatic nitrogens is 1. The van der Waals surface area contributed by atoms with Crippen molar-refractivity contribution in [3.63, 3.8) is 0 Å². The molecule has 1 aromatic rings. The van der Waals surface area contributed by atoms with Gasteiger partial charge in [0.2, 0.25) is 0 Å². The van der Waals surface area contributed by atoms with Crippen LogP contribution in [0.3, 0.4) is 0 Å². The van der Waals surface area contributed by atoms with Crippen molar-refractivity contribution in [1.82, 2.24) is 10.3 Å². The number of ether oxygens (including phenoxy) is 1. The minimum atomic E-state index is -0.540. The van der Waals surface area contributed by atoms with Gasteiger partial charge in [-0.05, 0) is 31.9 Å². The molecule has 1 amide bonds. The van der Waals surface area contributed by atoms with Gasteiger partial charge in [0, 0.05) is 12.7 Å². The number of anilines is 1. The topological polar surface area (TPSA) is 97.6 Å². The van der Waals surface area contributed by atoms with Crippen LogP contribution in [0, 0.1) is 10.1 Å². The summed E-state index contributed by atoms with van der Waals surface area (Å²) < 4.78 is 5.30. The lowest BCUT2D eigenvalue weighted by Crippen LogP contribution is -2.49.